The normalized spacial score (nSPS) is 21.4. The second-order valence-corrected chi connectivity index (χ2v) is 11.3. The van der Waals surface area contributed by atoms with Crippen molar-refractivity contribution in [2.75, 3.05) is 0 Å². The van der Waals surface area contributed by atoms with Crippen molar-refractivity contribution in [3.05, 3.63) is 64.7 Å². The van der Waals surface area contributed by atoms with Crippen molar-refractivity contribution in [1.82, 2.24) is 0 Å². The smallest absolute Gasteiger partial charge is 0.339 e. The van der Waals surface area contributed by atoms with Crippen molar-refractivity contribution in [2.45, 2.75) is 75.7 Å². The summed E-state index contributed by atoms with van der Waals surface area (Å²) in [6, 6.07) is 10.0. The highest BCUT2D eigenvalue weighted by Crippen LogP contribution is 2.53. The minimum Gasteiger partial charge on any atom is -0.487 e. The van der Waals surface area contributed by atoms with Crippen LogP contribution >= 0.6 is 11.6 Å². The Bertz CT molecular complexity index is 1100. The molecule has 6 heteroatoms. The van der Waals surface area contributed by atoms with Crippen LogP contribution in [-0.2, 0) is 16.5 Å². The topological polar surface area (TPSA) is 52.6 Å². The Hall–Kier alpha value is -1.98. The van der Waals surface area contributed by atoms with Crippen LogP contribution in [0.1, 0.15) is 69.9 Å². The summed E-state index contributed by atoms with van der Waals surface area (Å²) in [4.78, 5) is 0.0832. The van der Waals surface area contributed by atoms with E-state index in [9.17, 15) is 8.42 Å². The number of fused-ring (bicyclic) bond motifs is 3. The first-order valence-corrected chi connectivity index (χ1v) is 13.2. The van der Waals surface area contributed by atoms with Crippen LogP contribution in [0.5, 0.6) is 11.5 Å². The van der Waals surface area contributed by atoms with Crippen molar-refractivity contribution >= 4 is 21.7 Å². The maximum Gasteiger partial charge on any atom is 0.339 e. The molecular formula is C26H31ClO4S. The molecule has 0 aromatic heterocycles. The summed E-state index contributed by atoms with van der Waals surface area (Å²) in [6.45, 7) is 6.42. The largest absolute Gasteiger partial charge is 0.487 e. The minimum absolute atomic E-state index is 0.0580. The molecule has 4 nitrogen and oxygen atoms in total. The summed E-state index contributed by atoms with van der Waals surface area (Å²) in [5, 5.41) is 0.477. The number of aryl methyl sites for hydroxylation is 1. The fraction of sp³-hybridized carbons (Fsp3) is 0.462. The van der Waals surface area contributed by atoms with Gasteiger partial charge in [-0.3, -0.25) is 0 Å². The lowest BCUT2D eigenvalue weighted by molar-refractivity contribution is 0.0118. The molecule has 0 radical (unpaired) electrons. The molecule has 1 aliphatic carbocycles. The van der Waals surface area contributed by atoms with Gasteiger partial charge in [-0.15, -0.1) is 0 Å². The van der Waals surface area contributed by atoms with E-state index in [0.29, 0.717) is 10.8 Å². The summed E-state index contributed by atoms with van der Waals surface area (Å²) in [5.41, 5.74) is 1.53. The van der Waals surface area contributed by atoms with Gasteiger partial charge in [-0.1, -0.05) is 43.5 Å². The van der Waals surface area contributed by atoms with Crippen LogP contribution in [0.15, 0.2) is 53.4 Å². The Labute approximate surface area is 196 Å². The Morgan fingerprint density at radius 1 is 1.16 bits per heavy atom. The van der Waals surface area contributed by atoms with Crippen molar-refractivity contribution < 1.29 is 17.3 Å². The van der Waals surface area contributed by atoms with E-state index >= 15 is 0 Å². The molecule has 0 N–H and O–H groups in total. The lowest BCUT2D eigenvalue weighted by Gasteiger charge is -2.46. The van der Waals surface area contributed by atoms with Gasteiger partial charge in [0.1, 0.15) is 16.2 Å². The molecule has 32 heavy (non-hydrogen) atoms. The van der Waals surface area contributed by atoms with Crippen molar-refractivity contribution in [1.29, 1.82) is 0 Å². The van der Waals surface area contributed by atoms with Crippen LogP contribution in [0, 0.1) is 5.92 Å². The first-order valence-electron chi connectivity index (χ1n) is 11.4. The van der Waals surface area contributed by atoms with Gasteiger partial charge >= 0.3 is 10.1 Å². The van der Waals surface area contributed by atoms with E-state index in [2.05, 4.69) is 39.0 Å². The second kappa shape index (κ2) is 9.11. The van der Waals surface area contributed by atoms with Gasteiger partial charge in [-0.25, -0.2) is 0 Å². The number of rotatable bonds is 7. The molecule has 2 unspecified atom stereocenters. The molecular weight excluding hydrogens is 444 g/mol. The maximum absolute atomic E-state index is 13.1. The predicted octanol–water partition coefficient (Wildman–Crippen LogP) is 7.06. The average molecular weight is 475 g/mol. The highest BCUT2D eigenvalue weighted by molar-refractivity contribution is 7.87. The first-order chi connectivity index (χ1) is 15.2. The van der Waals surface area contributed by atoms with Gasteiger partial charge in [-0.2, -0.15) is 8.42 Å². The van der Waals surface area contributed by atoms with Crippen molar-refractivity contribution in [3.63, 3.8) is 0 Å². The van der Waals surface area contributed by atoms with Crippen LogP contribution in [0.2, 0.25) is 5.02 Å². The van der Waals surface area contributed by atoms with Gasteiger partial charge < -0.3 is 8.92 Å². The molecule has 2 aliphatic rings. The quantitative estimate of drug-likeness (QED) is 0.245. The number of halogens is 1. The molecule has 0 saturated heterocycles. The Morgan fingerprint density at radius 2 is 1.91 bits per heavy atom. The molecule has 2 atom stereocenters. The molecule has 1 heterocycles. The van der Waals surface area contributed by atoms with Gasteiger partial charge in [-0.05, 0) is 81.5 Å². The fourth-order valence-electron chi connectivity index (χ4n) is 4.90. The molecule has 0 spiro atoms. The third-order valence-corrected chi connectivity index (χ3v) is 8.06. The second-order valence-electron chi connectivity index (χ2n) is 9.30. The molecule has 172 valence electrons. The van der Waals surface area contributed by atoms with E-state index in [1.807, 2.05) is 6.07 Å². The summed E-state index contributed by atoms with van der Waals surface area (Å²) < 4.78 is 38.6. The fourth-order valence-corrected chi connectivity index (χ4v) is 5.96. The monoisotopic (exact) mass is 474 g/mol. The number of hydrogen-bond donors (Lipinski definition) is 0. The van der Waals surface area contributed by atoms with Crippen LogP contribution < -0.4 is 8.92 Å². The number of unbranched alkanes of at least 4 members (excludes halogenated alkanes) is 2. The number of allylic oxidation sites excluding steroid dienone is 2. The van der Waals surface area contributed by atoms with E-state index in [1.54, 1.807) is 12.1 Å². The molecule has 1 aliphatic heterocycles. The van der Waals surface area contributed by atoms with Gasteiger partial charge in [0.15, 0.2) is 5.75 Å². The molecule has 2 aromatic rings. The van der Waals surface area contributed by atoms with E-state index in [4.69, 9.17) is 20.5 Å². The van der Waals surface area contributed by atoms with Crippen LogP contribution in [0.4, 0.5) is 0 Å². The number of benzene rings is 2. The third kappa shape index (κ3) is 4.69. The van der Waals surface area contributed by atoms with Gasteiger partial charge in [0.25, 0.3) is 0 Å². The molecule has 4 rings (SSSR count). The SMILES string of the molecule is CCCCCc1cc2c(c(OS(=O)(=O)c3ccc(Cl)cc3)c1)C1C=CCCC1C(C)(C)O2. The van der Waals surface area contributed by atoms with Crippen molar-refractivity contribution in [2.24, 2.45) is 5.92 Å². The van der Waals surface area contributed by atoms with Crippen LogP contribution in [0.3, 0.4) is 0 Å². The molecule has 0 amide bonds. The van der Waals surface area contributed by atoms with E-state index < -0.39 is 10.1 Å². The minimum atomic E-state index is -4.01. The molecule has 2 aromatic carbocycles. The highest BCUT2D eigenvalue weighted by Gasteiger charge is 2.45. The summed E-state index contributed by atoms with van der Waals surface area (Å²) in [7, 11) is -4.01. The van der Waals surface area contributed by atoms with E-state index in [0.717, 1.165) is 55.4 Å². The Kier molecular flexibility index (Phi) is 6.60. The van der Waals surface area contributed by atoms with Crippen molar-refractivity contribution in [3.8, 4) is 11.5 Å². The summed E-state index contributed by atoms with van der Waals surface area (Å²) in [6.07, 6.45) is 10.5. The van der Waals surface area contributed by atoms with Crippen LogP contribution in [0.25, 0.3) is 0 Å². The van der Waals surface area contributed by atoms with Gasteiger partial charge in [0, 0.05) is 22.4 Å². The molecule has 0 saturated carbocycles. The predicted molar refractivity (Wildman–Crippen MR) is 128 cm³/mol. The van der Waals surface area contributed by atoms with Gasteiger partial charge in [0.05, 0.1) is 0 Å². The highest BCUT2D eigenvalue weighted by atomic mass is 35.5. The Morgan fingerprint density at radius 3 is 2.62 bits per heavy atom. The van der Waals surface area contributed by atoms with E-state index in [-0.39, 0.29) is 22.3 Å². The zero-order chi connectivity index (χ0) is 22.9. The third-order valence-electron chi connectivity index (χ3n) is 6.56. The standard InChI is InChI=1S/C26H31ClO4S/c1-4-5-6-9-18-16-23-25(21-10-7-8-11-22(21)26(2,3)30-23)24(17-18)31-32(28,29)20-14-12-19(27)13-15-20/h7,10,12-17,21-22H,4-6,8-9,11H2,1-3H3. The number of ether oxygens (including phenoxy) is 1. The lowest BCUT2D eigenvalue weighted by Crippen LogP contribution is -2.45. The zero-order valence-electron chi connectivity index (χ0n) is 18.9. The molecule has 0 bridgehead atoms. The zero-order valence-corrected chi connectivity index (χ0v) is 20.5. The van der Waals surface area contributed by atoms with E-state index in [1.165, 1.54) is 12.1 Å². The number of hydrogen-bond acceptors (Lipinski definition) is 4. The Balaban J connectivity index is 1.79. The maximum atomic E-state index is 13.1. The summed E-state index contributed by atoms with van der Waals surface area (Å²) in [5.74, 6) is 1.42. The lowest BCUT2D eigenvalue weighted by atomic mass is 9.69. The van der Waals surface area contributed by atoms with Gasteiger partial charge in [0.2, 0.25) is 0 Å². The summed E-state index contributed by atoms with van der Waals surface area (Å²) >= 11 is 5.94. The van der Waals surface area contributed by atoms with Crippen LogP contribution in [-0.4, -0.2) is 14.0 Å². The first kappa shape index (κ1) is 23.2. The molecule has 0 fully saturated rings. The average Bonchev–Trinajstić information content (AvgIpc) is 2.73.